The number of benzene rings is 1. The molecule has 3 rings (SSSR count). The maximum atomic E-state index is 12.0. The van der Waals surface area contributed by atoms with Crippen LogP contribution in [-0.4, -0.2) is 55.6 Å². The molecule has 0 spiro atoms. The fraction of sp³-hybridized carbons (Fsp3) is 0.647. The lowest BCUT2D eigenvalue weighted by Crippen LogP contribution is -2.64. The zero-order valence-corrected chi connectivity index (χ0v) is 14.3. The SMILES string of the molecule is CCS(=O)(=O)N1CCC2C(CN2CC(C)c2ccccc2)C1. The van der Waals surface area contributed by atoms with Gasteiger partial charge in [-0.05, 0) is 24.8 Å². The van der Waals surface area contributed by atoms with Crippen LogP contribution in [0.15, 0.2) is 30.3 Å². The van der Waals surface area contributed by atoms with Crippen LogP contribution in [0.3, 0.4) is 0 Å². The van der Waals surface area contributed by atoms with Gasteiger partial charge in [0.15, 0.2) is 0 Å². The predicted octanol–water partition coefficient (Wildman–Crippen LogP) is 2.15. The Kier molecular flexibility index (Phi) is 4.57. The van der Waals surface area contributed by atoms with E-state index in [9.17, 15) is 8.42 Å². The van der Waals surface area contributed by atoms with Crippen molar-refractivity contribution in [2.45, 2.75) is 32.2 Å². The summed E-state index contributed by atoms with van der Waals surface area (Å²) >= 11 is 0. The van der Waals surface area contributed by atoms with Crippen LogP contribution < -0.4 is 0 Å². The van der Waals surface area contributed by atoms with E-state index in [4.69, 9.17) is 0 Å². The molecule has 2 saturated heterocycles. The number of fused-ring (bicyclic) bond motifs is 1. The van der Waals surface area contributed by atoms with Gasteiger partial charge in [-0.3, -0.25) is 4.90 Å². The Bertz CT molecular complexity index is 602. The van der Waals surface area contributed by atoms with E-state index >= 15 is 0 Å². The molecule has 3 atom stereocenters. The summed E-state index contributed by atoms with van der Waals surface area (Å²) in [4.78, 5) is 2.54. The topological polar surface area (TPSA) is 40.6 Å². The lowest BCUT2D eigenvalue weighted by Gasteiger charge is -2.53. The van der Waals surface area contributed by atoms with Gasteiger partial charge in [-0.1, -0.05) is 37.3 Å². The first kappa shape index (κ1) is 16.0. The van der Waals surface area contributed by atoms with Crippen LogP contribution in [-0.2, 0) is 10.0 Å². The first-order valence-corrected chi connectivity index (χ1v) is 9.89. The average molecular weight is 322 g/mol. The number of hydrogen-bond donors (Lipinski definition) is 0. The zero-order chi connectivity index (χ0) is 15.7. The molecule has 122 valence electrons. The molecule has 0 saturated carbocycles. The molecule has 4 nitrogen and oxygen atoms in total. The predicted molar refractivity (Wildman–Crippen MR) is 89.4 cm³/mol. The molecule has 0 aliphatic carbocycles. The third kappa shape index (κ3) is 3.07. The van der Waals surface area contributed by atoms with Crippen LogP contribution in [0.1, 0.15) is 31.7 Å². The minimum atomic E-state index is -3.01. The number of rotatable bonds is 5. The van der Waals surface area contributed by atoms with Crippen molar-refractivity contribution in [3.63, 3.8) is 0 Å². The molecular weight excluding hydrogens is 296 g/mol. The summed E-state index contributed by atoms with van der Waals surface area (Å²) in [5.41, 5.74) is 1.39. The lowest BCUT2D eigenvalue weighted by molar-refractivity contribution is -0.0272. The number of likely N-dealkylation sites (tertiary alicyclic amines) is 1. The van der Waals surface area contributed by atoms with E-state index in [1.165, 1.54) is 5.56 Å². The monoisotopic (exact) mass is 322 g/mol. The Hall–Kier alpha value is -0.910. The first-order valence-electron chi connectivity index (χ1n) is 8.28. The summed E-state index contributed by atoms with van der Waals surface area (Å²) in [6.07, 6.45) is 0.978. The van der Waals surface area contributed by atoms with E-state index in [0.29, 0.717) is 24.4 Å². The molecule has 22 heavy (non-hydrogen) atoms. The lowest BCUT2D eigenvalue weighted by atomic mass is 9.82. The smallest absolute Gasteiger partial charge is 0.213 e. The summed E-state index contributed by atoms with van der Waals surface area (Å²) in [5, 5.41) is 0. The zero-order valence-electron chi connectivity index (χ0n) is 13.5. The number of nitrogens with zero attached hydrogens (tertiary/aromatic N) is 2. The molecular formula is C17H26N2O2S. The molecule has 1 aromatic rings. The summed E-state index contributed by atoms with van der Waals surface area (Å²) in [6, 6.07) is 11.2. The van der Waals surface area contributed by atoms with E-state index < -0.39 is 10.0 Å². The van der Waals surface area contributed by atoms with Crippen LogP contribution in [0.4, 0.5) is 0 Å². The van der Waals surface area contributed by atoms with E-state index in [0.717, 1.165) is 26.1 Å². The second kappa shape index (κ2) is 6.30. The molecule has 0 amide bonds. The van der Waals surface area contributed by atoms with Crippen LogP contribution in [0, 0.1) is 5.92 Å². The van der Waals surface area contributed by atoms with Gasteiger partial charge in [0, 0.05) is 38.1 Å². The van der Waals surface area contributed by atoms with Gasteiger partial charge >= 0.3 is 0 Å². The van der Waals surface area contributed by atoms with Crippen LogP contribution in [0.25, 0.3) is 0 Å². The van der Waals surface area contributed by atoms with Crippen molar-refractivity contribution in [1.82, 2.24) is 9.21 Å². The van der Waals surface area contributed by atoms with Gasteiger partial charge in [-0.25, -0.2) is 12.7 Å². The van der Waals surface area contributed by atoms with E-state index in [2.05, 4.69) is 42.2 Å². The normalized spacial score (nSPS) is 27.9. The van der Waals surface area contributed by atoms with Crippen molar-refractivity contribution in [3.8, 4) is 0 Å². The summed E-state index contributed by atoms with van der Waals surface area (Å²) < 4.78 is 25.7. The van der Waals surface area contributed by atoms with Crippen molar-refractivity contribution < 1.29 is 8.42 Å². The maximum Gasteiger partial charge on any atom is 0.213 e. The summed E-state index contributed by atoms with van der Waals surface area (Å²) in [6.45, 7) is 7.53. The summed E-state index contributed by atoms with van der Waals surface area (Å²) in [7, 11) is -3.01. The highest BCUT2D eigenvalue weighted by Crippen LogP contribution is 2.35. The third-order valence-electron chi connectivity index (χ3n) is 5.23. The van der Waals surface area contributed by atoms with Crippen molar-refractivity contribution in [2.24, 2.45) is 5.92 Å². The van der Waals surface area contributed by atoms with Crippen molar-refractivity contribution in [1.29, 1.82) is 0 Å². The number of sulfonamides is 1. The molecule has 1 aromatic carbocycles. The Morgan fingerprint density at radius 2 is 1.95 bits per heavy atom. The molecule has 2 aliphatic heterocycles. The van der Waals surface area contributed by atoms with E-state index in [-0.39, 0.29) is 5.75 Å². The van der Waals surface area contributed by atoms with Crippen LogP contribution >= 0.6 is 0 Å². The largest absolute Gasteiger partial charge is 0.299 e. The Labute approximate surface area is 134 Å². The third-order valence-corrected chi connectivity index (χ3v) is 7.08. The molecule has 2 aliphatic rings. The second-order valence-electron chi connectivity index (χ2n) is 6.64. The maximum absolute atomic E-state index is 12.0. The highest BCUT2D eigenvalue weighted by molar-refractivity contribution is 7.89. The molecule has 2 heterocycles. The van der Waals surface area contributed by atoms with Crippen LogP contribution in [0.2, 0.25) is 0 Å². The molecule has 0 aromatic heterocycles. The highest BCUT2D eigenvalue weighted by Gasteiger charge is 2.44. The second-order valence-corrected chi connectivity index (χ2v) is 8.90. The molecule has 5 heteroatoms. The van der Waals surface area contributed by atoms with E-state index in [1.54, 1.807) is 11.2 Å². The Morgan fingerprint density at radius 1 is 1.23 bits per heavy atom. The van der Waals surface area contributed by atoms with Crippen molar-refractivity contribution >= 4 is 10.0 Å². The fourth-order valence-electron chi connectivity index (χ4n) is 3.83. The minimum Gasteiger partial charge on any atom is -0.299 e. The number of hydrogen-bond acceptors (Lipinski definition) is 3. The molecule has 0 bridgehead atoms. The molecule has 0 radical (unpaired) electrons. The van der Waals surface area contributed by atoms with Gasteiger partial charge in [0.1, 0.15) is 0 Å². The number of piperidine rings is 1. The Balaban J connectivity index is 1.55. The van der Waals surface area contributed by atoms with Gasteiger partial charge in [0.25, 0.3) is 0 Å². The first-order chi connectivity index (χ1) is 10.5. The van der Waals surface area contributed by atoms with Gasteiger partial charge in [-0.2, -0.15) is 0 Å². The van der Waals surface area contributed by atoms with Crippen LogP contribution in [0.5, 0.6) is 0 Å². The van der Waals surface area contributed by atoms with Gasteiger partial charge in [0.05, 0.1) is 5.75 Å². The Morgan fingerprint density at radius 3 is 2.59 bits per heavy atom. The van der Waals surface area contributed by atoms with Gasteiger partial charge < -0.3 is 0 Å². The molecule has 3 unspecified atom stereocenters. The van der Waals surface area contributed by atoms with Crippen molar-refractivity contribution in [3.05, 3.63) is 35.9 Å². The minimum absolute atomic E-state index is 0.221. The quantitative estimate of drug-likeness (QED) is 0.834. The fourth-order valence-corrected chi connectivity index (χ4v) is 5.00. The average Bonchev–Trinajstić information content (AvgIpc) is 2.52. The van der Waals surface area contributed by atoms with Gasteiger partial charge in [0.2, 0.25) is 10.0 Å². The van der Waals surface area contributed by atoms with Crippen molar-refractivity contribution in [2.75, 3.05) is 31.9 Å². The molecule has 2 fully saturated rings. The molecule has 0 N–H and O–H groups in total. The van der Waals surface area contributed by atoms with E-state index in [1.807, 2.05) is 0 Å². The van der Waals surface area contributed by atoms with Gasteiger partial charge in [-0.15, -0.1) is 0 Å². The highest BCUT2D eigenvalue weighted by atomic mass is 32.2. The summed E-state index contributed by atoms with van der Waals surface area (Å²) in [5.74, 6) is 1.27. The standard InChI is InChI=1S/C17H26N2O2S/c1-3-22(20,21)19-10-9-17-16(13-19)12-18(17)11-14(2)15-7-5-4-6-8-15/h4-8,14,16-17H,3,9-13H2,1-2H3.